The van der Waals surface area contributed by atoms with Crippen LogP contribution in [0.5, 0.6) is 0 Å². The monoisotopic (exact) mass is 660 g/mol. The summed E-state index contributed by atoms with van der Waals surface area (Å²) in [5, 5.41) is 0. The Hall–Kier alpha value is 0.114. The van der Waals surface area contributed by atoms with E-state index in [4.69, 9.17) is 36.0 Å². The second-order valence-electron chi connectivity index (χ2n) is 13.5. The highest BCUT2D eigenvalue weighted by molar-refractivity contribution is 6.61. The molecule has 2 saturated heterocycles. The molecule has 4 rings (SSSR count). The standard InChI is InChI=1S/C21H42O4Si.C13H26O4Si/c1-5-9-14-22-26(16-8-4,23-15-10-6-2)25-19(11-7-3)18-12-13-20-21(17-18)24-20;1-4-5-8-18(14-2,15-3)16-10-11-6-7-12-13(9-11)17-12/h18-21H,5-17H2,1-4H3;11-13H,4-10H2,1-3H3. The fourth-order valence-corrected chi connectivity index (χ4v) is 11.9. The Balaban J connectivity index is 0.000000257. The van der Waals surface area contributed by atoms with Crippen LogP contribution >= 0.6 is 0 Å². The Morgan fingerprint density at radius 3 is 1.75 bits per heavy atom. The molecule has 10 heteroatoms. The van der Waals surface area contributed by atoms with Crippen molar-refractivity contribution >= 4 is 17.6 Å². The minimum atomic E-state index is -2.60. The van der Waals surface area contributed by atoms with E-state index in [1.807, 2.05) is 0 Å². The molecule has 260 valence electrons. The van der Waals surface area contributed by atoms with Gasteiger partial charge >= 0.3 is 17.6 Å². The zero-order chi connectivity index (χ0) is 31.8. The van der Waals surface area contributed by atoms with Gasteiger partial charge in [-0.05, 0) is 76.0 Å². The molecule has 7 atom stereocenters. The van der Waals surface area contributed by atoms with E-state index >= 15 is 0 Å². The quantitative estimate of drug-likeness (QED) is 0.0615. The van der Waals surface area contributed by atoms with E-state index < -0.39 is 17.6 Å². The second kappa shape index (κ2) is 20.5. The predicted octanol–water partition coefficient (Wildman–Crippen LogP) is 8.32. The third kappa shape index (κ3) is 12.6. The average molecular weight is 661 g/mol. The Kier molecular flexibility index (Phi) is 17.9. The SMILES string of the molecule is CCCCO[Si](CCC)(OCCCC)OC(CCC)C1CCC2OC2C1.CCCC[Si](OC)(OC)OCC1CCC2OC2C1. The maximum absolute atomic E-state index is 6.86. The van der Waals surface area contributed by atoms with E-state index in [0.717, 1.165) is 103 Å². The van der Waals surface area contributed by atoms with Gasteiger partial charge in [-0.25, -0.2) is 0 Å². The molecule has 2 saturated carbocycles. The summed E-state index contributed by atoms with van der Waals surface area (Å²) in [6.07, 6.45) is 19.6. The Morgan fingerprint density at radius 1 is 0.614 bits per heavy atom. The summed E-state index contributed by atoms with van der Waals surface area (Å²) in [6, 6.07) is 1.86. The van der Waals surface area contributed by atoms with Crippen LogP contribution in [-0.4, -0.2) is 82.2 Å². The van der Waals surface area contributed by atoms with Crippen LogP contribution in [0.2, 0.25) is 12.1 Å². The van der Waals surface area contributed by atoms with Gasteiger partial charge in [0.2, 0.25) is 0 Å². The summed E-state index contributed by atoms with van der Waals surface area (Å²) in [5.41, 5.74) is 0. The van der Waals surface area contributed by atoms with Crippen molar-refractivity contribution in [1.82, 2.24) is 0 Å². The summed E-state index contributed by atoms with van der Waals surface area (Å²) in [7, 11) is -1.57. The number of fused-ring (bicyclic) bond motifs is 2. The third-order valence-corrected chi connectivity index (χ3v) is 15.7. The lowest BCUT2D eigenvalue weighted by Gasteiger charge is -2.37. The minimum absolute atomic E-state index is 0.270. The summed E-state index contributed by atoms with van der Waals surface area (Å²) in [4.78, 5) is 0. The molecule has 0 aromatic carbocycles. The molecule has 4 aliphatic rings. The fourth-order valence-electron chi connectivity index (χ4n) is 6.80. The highest BCUT2D eigenvalue weighted by Crippen LogP contribution is 2.43. The van der Waals surface area contributed by atoms with E-state index in [9.17, 15) is 0 Å². The normalized spacial score (nSPS) is 28.4. The van der Waals surface area contributed by atoms with Gasteiger partial charge in [0.15, 0.2) is 0 Å². The molecule has 0 aromatic heterocycles. The molecule has 2 heterocycles. The van der Waals surface area contributed by atoms with Crippen LogP contribution < -0.4 is 0 Å². The fraction of sp³-hybridized carbons (Fsp3) is 1.00. The molecule has 0 bridgehead atoms. The number of rotatable bonds is 23. The topological polar surface area (TPSA) is 80.4 Å². The van der Waals surface area contributed by atoms with Gasteiger partial charge in [0, 0.05) is 46.1 Å². The van der Waals surface area contributed by atoms with Gasteiger partial charge < -0.3 is 36.0 Å². The maximum atomic E-state index is 6.86. The largest absolute Gasteiger partial charge is 0.501 e. The number of epoxide rings is 2. The van der Waals surface area contributed by atoms with Crippen LogP contribution in [0.4, 0.5) is 0 Å². The number of hydrogen-bond acceptors (Lipinski definition) is 8. The van der Waals surface area contributed by atoms with Crippen LogP contribution in [0.1, 0.15) is 131 Å². The molecule has 2 aliphatic heterocycles. The lowest BCUT2D eigenvalue weighted by molar-refractivity contribution is -0.00607. The van der Waals surface area contributed by atoms with E-state index in [2.05, 4.69) is 34.6 Å². The van der Waals surface area contributed by atoms with Gasteiger partial charge in [-0.15, -0.1) is 0 Å². The third-order valence-electron chi connectivity index (χ3n) is 9.78. The van der Waals surface area contributed by atoms with Crippen LogP contribution in [0.15, 0.2) is 0 Å². The predicted molar refractivity (Wildman–Crippen MR) is 180 cm³/mol. The molecular formula is C34H68O8Si2. The number of ether oxygens (including phenoxy) is 2. The van der Waals surface area contributed by atoms with Crippen molar-refractivity contribution in [3.8, 4) is 0 Å². The first-order chi connectivity index (χ1) is 21.4. The summed E-state index contributed by atoms with van der Waals surface area (Å²) >= 11 is 0. The van der Waals surface area contributed by atoms with E-state index in [1.165, 1.54) is 25.7 Å². The molecule has 0 spiro atoms. The van der Waals surface area contributed by atoms with Crippen LogP contribution in [0.3, 0.4) is 0 Å². The van der Waals surface area contributed by atoms with Crippen LogP contribution in [0.25, 0.3) is 0 Å². The average Bonchev–Trinajstić information content (AvgIpc) is 3.97. The van der Waals surface area contributed by atoms with Crippen molar-refractivity contribution in [3.05, 3.63) is 0 Å². The molecule has 0 aromatic rings. The number of hydrogen-bond donors (Lipinski definition) is 0. The van der Waals surface area contributed by atoms with Crippen molar-refractivity contribution < 1.29 is 36.0 Å². The highest BCUT2D eigenvalue weighted by Gasteiger charge is 2.49. The van der Waals surface area contributed by atoms with Crippen LogP contribution in [-0.2, 0) is 36.0 Å². The van der Waals surface area contributed by atoms with E-state index in [-0.39, 0.29) is 6.10 Å². The Bertz CT molecular complexity index is 747. The molecule has 0 radical (unpaired) electrons. The summed E-state index contributed by atoms with van der Waals surface area (Å²) in [6.45, 7) is 13.4. The number of unbranched alkanes of at least 4 members (excludes halogenated alkanes) is 3. The molecule has 0 amide bonds. The second-order valence-corrected chi connectivity index (χ2v) is 19.1. The molecule has 4 fully saturated rings. The summed E-state index contributed by atoms with van der Waals surface area (Å²) in [5.74, 6) is 1.22. The molecular weight excluding hydrogens is 593 g/mol. The Labute approximate surface area is 272 Å². The van der Waals surface area contributed by atoms with Crippen molar-refractivity contribution in [2.24, 2.45) is 11.8 Å². The van der Waals surface area contributed by atoms with Gasteiger partial charge in [-0.1, -0.05) is 66.7 Å². The molecule has 2 aliphatic carbocycles. The highest BCUT2D eigenvalue weighted by atomic mass is 28.4. The van der Waals surface area contributed by atoms with Crippen molar-refractivity contribution in [2.45, 2.75) is 174 Å². The van der Waals surface area contributed by atoms with Crippen molar-refractivity contribution in [2.75, 3.05) is 34.0 Å². The zero-order valence-electron chi connectivity index (χ0n) is 29.4. The van der Waals surface area contributed by atoms with Gasteiger partial charge in [0.05, 0.1) is 30.5 Å². The van der Waals surface area contributed by atoms with Gasteiger partial charge in [0.1, 0.15) is 0 Å². The van der Waals surface area contributed by atoms with Crippen molar-refractivity contribution in [1.29, 1.82) is 0 Å². The smallest absolute Gasteiger partial charge is 0.377 e. The first-order valence-corrected chi connectivity index (χ1v) is 22.3. The zero-order valence-corrected chi connectivity index (χ0v) is 31.4. The van der Waals surface area contributed by atoms with Gasteiger partial charge in [-0.2, -0.15) is 0 Å². The van der Waals surface area contributed by atoms with E-state index in [1.54, 1.807) is 14.2 Å². The molecule has 7 unspecified atom stereocenters. The van der Waals surface area contributed by atoms with E-state index in [0.29, 0.717) is 36.3 Å². The summed E-state index contributed by atoms with van der Waals surface area (Å²) < 4.78 is 48.3. The van der Waals surface area contributed by atoms with Gasteiger partial charge in [0.25, 0.3) is 0 Å². The minimum Gasteiger partial charge on any atom is -0.377 e. The lowest BCUT2D eigenvalue weighted by Crippen LogP contribution is -2.50. The molecule has 0 N–H and O–H groups in total. The lowest BCUT2D eigenvalue weighted by atomic mass is 9.84. The van der Waals surface area contributed by atoms with Gasteiger partial charge in [-0.3, -0.25) is 0 Å². The maximum Gasteiger partial charge on any atom is 0.501 e. The Morgan fingerprint density at radius 2 is 1.23 bits per heavy atom. The van der Waals surface area contributed by atoms with Crippen molar-refractivity contribution in [3.63, 3.8) is 0 Å². The molecule has 8 nitrogen and oxygen atoms in total. The first kappa shape index (κ1) is 38.6. The molecule has 44 heavy (non-hydrogen) atoms. The van der Waals surface area contributed by atoms with Crippen LogP contribution in [0, 0.1) is 11.8 Å². The first-order valence-electron chi connectivity index (χ1n) is 18.4.